The van der Waals surface area contributed by atoms with Gasteiger partial charge in [0.15, 0.2) is 0 Å². The molecule has 1 aliphatic rings. The number of carbonyl (C=O) groups is 1. The Bertz CT molecular complexity index is 1130. The third kappa shape index (κ3) is 3.94. The first-order valence-electron chi connectivity index (χ1n) is 10.1. The summed E-state index contributed by atoms with van der Waals surface area (Å²) in [7, 11) is 3.12. The molecule has 1 aliphatic carbocycles. The van der Waals surface area contributed by atoms with Crippen LogP contribution in [-0.4, -0.2) is 46.7 Å². The van der Waals surface area contributed by atoms with Crippen LogP contribution in [0.5, 0.6) is 5.75 Å². The number of hydrogen-bond donors (Lipinski definition) is 3. The monoisotopic (exact) mass is 419 g/mol. The first kappa shape index (κ1) is 20.7. The Labute approximate surface area is 180 Å². The molecule has 8 heteroatoms. The van der Waals surface area contributed by atoms with E-state index in [0.29, 0.717) is 22.9 Å². The van der Waals surface area contributed by atoms with Crippen molar-refractivity contribution >= 4 is 17.5 Å². The summed E-state index contributed by atoms with van der Waals surface area (Å²) in [6, 6.07) is 9.00. The Balaban J connectivity index is 1.63. The quantitative estimate of drug-likeness (QED) is 0.564. The maximum atomic E-state index is 11.9. The zero-order valence-electron chi connectivity index (χ0n) is 17.8. The normalized spacial score (nSPS) is 17.2. The van der Waals surface area contributed by atoms with Crippen LogP contribution in [0.3, 0.4) is 0 Å². The second-order valence-corrected chi connectivity index (χ2v) is 7.82. The van der Waals surface area contributed by atoms with Gasteiger partial charge in [0.25, 0.3) is 5.91 Å². The Hall–Kier alpha value is -3.52. The molecule has 0 aliphatic heterocycles. The van der Waals surface area contributed by atoms with Gasteiger partial charge in [-0.3, -0.25) is 9.78 Å². The number of nitrogens with one attached hydrogen (secondary N) is 2. The number of amides is 1. The van der Waals surface area contributed by atoms with Gasteiger partial charge < -0.3 is 20.5 Å². The fourth-order valence-corrected chi connectivity index (χ4v) is 3.83. The van der Waals surface area contributed by atoms with Gasteiger partial charge in [-0.25, -0.2) is 9.97 Å². The largest absolute Gasteiger partial charge is 0.495 e. The average Bonchev–Trinajstić information content (AvgIpc) is 3.15. The van der Waals surface area contributed by atoms with Crippen LogP contribution < -0.4 is 15.4 Å². The Morgan fingerprint density at radius 2 is 2.10 bits per heavy atom. The molecule has 2 aromatic heterocycles. The van der Waals surface area contributed by atoms with E-state index in [4.69, 9.17) is 4.74 Å². The van der Waals surface area contributed by atoms with E-state index in [9.17, 15) is 9.90 Å². The van der Waals surface area contributed by atoms with E-state index in [0.717, 1.165) is 35.4 Å². The fourth-order valence-electron chi connectivity index (χ4n) is 3.83. The van der Waals surface area contributed by atoms with E-state index in [2.05, 4.69) is 38.6 Å². The van der Waals surface area contributed by atoms with Crippen molar-refractivity contribution < 1.29 is 14.6 Å². The molecule has 3 aromatic rings. The van der Waals surface area contributed by atoms with Crippen molar-refractivity contribution in [1.29, 1.82) is 0 Å². The Morgan fingerprint density at radius 3 is 2.84 bits per heavy atom. The number of aliphatic hydroxyl groups is 1. The standard InChI is InChI=1S/C23H25N5O3/c1-23(13-29)8-6-18-16(23)10-15(12-26-18)17-7-9-25-22(27-17)28-19-5-4-14(21(30)24-2)11-20(19)31-3/h4-5,7,9-12,29H,6,8,13H2,1-3H3,(H,24,30)(H,25,27,28). The summed E-state index contributed by atoms with van der Waals surface area (Å²) in [5.74, 6) is 0.712. The molecule has 1 amide bonds. The number of nitrogens with zero attached hydrogens (tertiary/aromatic N) is 3. The number of aliphatic hydroxyl groups excluding tert-OH is 1. The second kappa shape index (κ2) is 8.31. The lowest BCUT2D eigenvalue weighted by atomic mass is 9.85. The molecule has 31 heavy (non-hydrogen) atoms. The highest BCUT2D eigenvalue weighted by Crippen LogP contribution is 2.39. The summed E-state index contributed by atoms with van der Waals surface area (Å²) in [4.78, 5) is 25.4. The van der Waals surface area contributed by atoms with E-state index in [1.54, 1.807) is 38.6 Å². The minimum atomic E-state index is -0.271. The van der Waals surface area contributed by atoms with E-state index >= 15 is 0 Å². The topological polar surface area (TPSA) is 109 Å². The van der Waals surface area contributed by atoms with Crippen LogP contribution in [0.1, 0.15) is 35.0 Å². The van der Waals surface area contributed by atoms with Crippen LogP contribution >= 0.6 is 0 Å². The third-order valence-electron chi connectivity index (χ3n) is 5.77. The summed E-state index contributed by atoms with van der Waals surface area (Å²) >= 11 is 0. The van der Waals surface area contributed by atoms with Crippen molar-refractivity contribution in [3.63, 3.8) is 0 Å². The average molecular weight is 419 g/mol. The van der Waals surface area contributed by atoms with Gasteiger partial charge in [0, 0.05) is 41.7 Å². The molecule has 0 fully saturated rings. The van der Waals surface area contributed by atoms with Crippen molar-refractivity contribution in [2.75, 3.05) is 26.1 Å². The minimum absolute atomic E-state index is 0.0908. The number of aromatic nitrogens is 3. The fraction of sp³-hybridized carbons (Fsp3) is 0.304. The lowest BCUT2D eigenvalue weighted by molar-refractivity contribution is 0.0963. The molecule has 1 atom stereocenters. The van der Waals surface area contributed by atoms with Gasteiger partial charge in [-0.05, 0) is 48.7 Å². The van der Waals surface area contributed by atoms with E-state index < -0.39 is 0 Å². The number of fused-ring (bicyclic) bond motifs is 1. The van der Waals surface area contributed by atoms with Gasteiger partial charge in [0.2, 0.25) is 5.95 Å². The molecule has 1 unspecified atom stereocenters. The number of anilines is 2. The molecule has 4 rings (SSSR count). The summed E-state index contributed by atoms with van der Waals surface area (Å²) in [6.45, 7) is 2.15. The smallest absolute Gasteiger partial charge is 0.251 e. The highest BCUT2D eigenvalue weighted by Gasteiger charge is 2.35. The maximum absolute atomic E-state index is 11.9. The van der Waals surface area contributed by atoms with Crippen LogP contribution in [0.25, 0.3) is 11.3 Å². The second-order valence-electron chi connectivity index (χ2n) is 7.82. The number of ether oxygens (including phenoxy) is 1. The molecule has 2 heterocycles. The molecule has 0 saturated carbocycles. The predicted octanol–water partition coefficient (Wildman–Crippen LogP) is 2.85. The van der Waals surface area contributed by atoms with Crippen molar-refractivity contribution in [1.82, 2.24) is 20.3 Å². The van der Waals surface area contributed by atoms with Crippen LogP contribution in [0.4, 0.5) is 11.6 Å². The molecular formula is C23H25N5O3. The molecule has 0 spiro atoms. The van der Waals surface area contributed by atoms with Gasteiger partial charge in [-0.2, -0.15) is 0 Å². The zero-order chi connectivity index (χ0) is 22.0. The van der Waals surface area contributed by atoms with Crippen molar-refractivity contribution in [3.8, 4) is 17.0 Å². The summed E-state index contributed by atoms with van der Waals surface area (Å²) in [5, 5.41) is 15.6. The number of methoxy groups -OCH3 is 1. The number of carbonyl (C=O) groups excluding carboxylic acids is 1. The summed E-state index contributed by atoms with van der Waals surface area (Å²) in [6.07, 6.45) is 5.24. The molecular weight excluding hydrogens is 394 g/mol. The highest BCUT2D eigenvalue weighted by atomic mass is 16.5. The van der Waals surface area contributed by atoms with Crippen LogP contribution in [0.2, 0.25) is 0 Å². The highest BCUT2D eigenvalue weighted by molar-refractivity contribution is 5.95. The molecule has 1 aromatic carbocycles. The first-order valence-corrected chi connectivity index (χ1v) is 10.1. The lowest BCUT2D eigenvalue weighted by Crippen LogP contribution is -2.23. The number of benzene rings is 1. The number of hydrogen-bond acceptors (Lipinski definition) is 7. The van der Waals surface area contributed by atoms with Crippen molar-refractivity contribution in [2.24, 2.45) is 0 Å². The van der Waals surface area contributed by atoms with E-state index in [-0.39, 0.29) is 17.9 Å². The van der Waals surface area contributed by atoms with Crippen LogP contribution in [0.15, 0.2) is 42.7 Å². The van der Waals surface area contributed by atoms with Crippen molar-refractivity contribution in [2.45, 2.75) is 25.2 Å². The van der Waals surface area contributed by atoms with Gasteiger partial charge in [0.05, 0.1) is 25.1 Å². The Morgan fingerprint density at radius 1 is 1.26 bits per heavy atom. The van der Waals surface area contributed by atoms with Gasteiger partial charge in [-0.1, -0.05) is 6.92 Å². The van der Waals surface area contributed by atoms with Crippen LogP contribution in [0, 0.1) is 0 Å². The minimum Gasteiger partial charge on any atom is -0.495 e. The first-order chi connectivity index (χ1) is 15.0. The summed E-state index contributed by atoms with van der Waals surface area (Å²) in [5.41, 5.74) is 4.57. The number of aryl methyl sites for hydroxylation is 1. The van der Waals surface area contributed by atoms with Crippen LogP contribution in [-0.2, 0) is 11.8 Å². The molecule has 0 bridgehead atoms. The predicted molar refractivity (Wildman–Crippen MR) is 118 cm³/mol. The lowest BCUT2D eigenvalue weighted by Gasteiger charge is -2.22. The molecule has 160 valence electrons. The maximum Gasteiger partial charge on any atom is 0.251 e. The van der Waals surface area contributed by atoms with E-state index in [1.807, 2.05) is 12.3 Å². The molecule has 0 radical (unpaired) electrons. The number of rotatable bonds is 6. The van der Waals surface area contributed by atoms with Gasteiger partial charge >= 0.3 is 0 Å². The number of pyridine rings is 1. The molecule has 3 N–H and O–H groups in total. The van der Waals surface area contributed by atoms with E-state index in [1.165, 1.54) is 0 Å². The zero-order valence-corrected chi connectivity index (χ0v) is 17.8. The molecule has 8 nitrogen and oxygen atoms in total. The van der Waals surface area contributed by atoms with Crippen molar-refractivity contribution in [3.05, 3.63) is 59.5 Å². The SMILES string of the molecule is CNC(=O)c1ccc(Nc2nccc(-c3cnc4c(c3)C(C)(CO)CC4)n2)c(OC)c1. The summed E-state index contributed by atoms with van der Waals surface area (Å²) < 4.78 is 5.42. The third-order valence-corrected chi connectivity index (χ3v) is 5.77. The van der Waals surface area contributed by atoms with Gasteiger partial charge in [0.1, 0.15) is 5.75 Å². The molecule has 0 saturated heterocycles. The Kier molecular flexibility index (Phi) is 5.56. The van der Waals surface area contributed by atoms with Gasteiger partial charge in [-0.15, -0.1) is 0 Å².